The van der Waals surface area contributed by atoms with E-state index in [0.717, 1.165) is 54.7 Å². The quantitative estimate of drug-likeness (QED) is 0.115. The zero-order chi connectivity index (χ0) is 39.9. The van der Waals surface area contributed by atoms with Crippen LogP contribution < -0.4 is 24.8 Å². The molecule has 2 saturated heterocycles. The van der Waals surface area contributed by atoms with Crippen molar-refractivity contribution in [2.75, 3.05) is 26.2 Å². The normalized spacial score (nSPS) is 18.7. The maximum atomic E-state index is 11.7. The van der Waals surface area contributed by atoms with Crippen LogP contribution in [0.15, 0.2) is 66.7 Å². The van der Waals surface area contributed by atoms with E-state index in [2.05, 4.69) is 84.8 Å². The number of rotatable bonds is 15. The molecule has 1 aliphatic carbocycles. The Morgan fingerprint density at radius 3 is 2.47 bits per heavy atom. The van der Waals surface area contributed by atoms with E-state index in [0.29, 0.717) is 59.3 Å². The maximum Gasteiger partial charge on any atom is 0.220 e. The van der Waals surface area contributed by atoms with Crippen molar-refractivity contribution < 1.29 is 19.0 Å². The van der Waals surface area contributed by atoms with Gasteiger partial charge in [0.05, 0.1) is 34.9 Å². The molecule has 10 heteroatoms. The Balaban J connectivity index is 1.07. The molecule has 0 saturated carbocycles. The van der Waals surface area contributed by atoms with Gasteiger partial charge in [-0.25, -0.2) is 0 Å². The molecule has 0 bridgehead atoms. The first-order valence-corrected chi connectivity index (χ1v) is 20.7. The summed E-state index contributed by atoms with van der Waals surface area (Å²) in [4.78, 5) is 14.4. The summed E-state index contributed by atoms with van der Waals surface area (Å²) in [6, 6.07) is 25.8. The van der Waals surface area contributed by atoms with Crippen LogP contribution in [-0.2, 0) is 24.4 Å². The Labute approximate surface area is 341 Å². The van der Waals surface area contributed by atoms with E-state index in [1.54, 1.807) is 18.2 Å². The van der Waals surface area contributed by atoms with Crippen LogP contribution in [0.3, 0.4) is 0 Å². The summed E-state index contributed by atoms with van der Waals surface area (Å²) in [5, 5.41) is 25.9. The van der Waals surface area contributed by atoms with E-state index in [9.17, 15) is 15.3 Å². The van der Waals surface area contributed by atoms with E-state index < -0.39 is 0 Å². The Morgan fingerprint density at radius 1 is 0.930 bits per heavy atom. The first-order chi connectivity index (χ1) is 27.6. The smallest absolute Gasteiger partial charge is 0.220 e. The van der Waals surface area contributed by atoms with E-state index in [1.807, 2.05) is 12.1 Å². The first-order valence-electron chi connectivity index (χ1n) is 20.3. The van der Waals surface area contributed by atoms with Crippen LogP contribution in [0.25, 0.3) is 11.1 Å². The molecule has 2 fully saturated rings. The lowest BCUT2D eigenvalue weighted by molar-refractivity contribution is -0.119. The number of carbonyl (C=O) groups excluding carboxylic acids is 1. The lowest BCUT2D eigenvalue weighted by Crippen LogP contribution is -2.47. The van der Waals surface area contributed by atoms with Crippen molar-refractivity contribution in [3.63, 3.8) is 0 Å². The zero-order valence-corrected chi connectivity index (χ0v) is 34.0. The number of amides is 1. The monoisotopic (exact) mass is 785 g/mol. The Hall–Kier alpha value is -5.06. The molecular formula is C47H52ClN5O4. The van der Waals surface area contributed by atoms with Gasteiger partial charge in [0.15, 0.2) is 0 Å². The van der Waals surface area contributed by atoms with Crippen molar-refractivity contribution in [1.82, 2.24) is 15.5 Å². The molecule has 296 valence electrons. The van der Waals surface area contributed by atoms with E-state index in [4.69, 9.17) is 25.8 Å². The number of hydrogen-bond acceptors (Lipinski definition) is 8. The second-order valence-electron chi connectivity index (χ2n) is 16.2. The lowest BCUT2D eigenvalue weighted by atomic mass is 9.90. The molecule has 0 radical (unpaired) electrons. The second-order valence-corrected chi connectivity index (χ2v) is 16.6. The van der Waals surface area contributed by atoms with Crippen molar-refractivity contribution in [2.45, 2.75) is 103 Å². The minimum atomic E-state index is -0.204. The molecule has 0 unspecified atom stereocenters. The number of nitrogens with zero attached hydrogens (tertiary/aromatic N) is 3. The fourth-order valence-electron chi connectivity index (χ4n) is 8.60. The third-order valence-electron chi connectivity index (χ3n) is 11.8. The summed E-state index contributed by atoms with van der Waals surface area (Å²) >= 11 is 6.95. The Kier molecular flexibility index (Phi) is 12.7. The fourth-order valence-corrected chi connectivity index (χ4v) is 8.83. The molecule has 0 spiro atoms. The summed E-state index contributed by atoms with van der Waals surface area (Å²) in [6.45, 7) is 11.0. The van der Waals surface area contributed by atoms with Crippen LogP contribution >= 0.6 is 11.6 Å². The number of nitrogens with one attached hydrogen (secondary N) is 2. The summed E-state index contributed by atoms with van der Waals surface area (Å²) < 4.78 is 19.5. The maximum absolute atomic E-state index is 11.7. The van der Waals surface area contributed by atoms with Crippen LogP contribution in [0.5, 0.6) is 17.2 Å². The molecule has 2 aliphatic heterocycles. The number of fused-ring (bicyclic) bond motifs is 1. The largest absolute Gasteiger partial charge is 0.493 e. The summed E-state index contributed by atoms with van der Waals surface area (Å²) in [5.74, 6) is 2.10. The molecular weight excluding hydrogens is 734 g/mol. The fraction of sp³-hybridized carbons (Fsp3) is 0.426. The second kappa shape index (κ2) is 18.0. The molecule has 4 aromatic carbocycles. The molecule has 3 aliphatic rings. The zero-order valence-electron chi connectivity index (χ0n) is 33.3. The van der Waals surface area contributed by atoms with E-state index >= 15 is 0 Å². The molecule has 7 rings (SSSR count). The van der Waals surface area contributed by atoms with Crippen LogP contribution in [-0.4, -0.2) is 48.6 Å². The van der Waals surface area contributed by atoms with Gasteiger partial charge < -0.3 is 24.8 Å². The topological polar surface area (TPSA) is 120 Å². The average Bonchev–Trinajstić information content (AvgIpc) is 3.83. The minimum absolute atomic E-state index is 0.0724. The van der Waals surface area contributed by atoms with E-state index in [-0.39, 0.29) is 30.2 Å². The third-order valence-corrected chi connectivity index (χ3v) is 12.1. The van der Waals surface area contributed by atoms with Crippen LogP contribution in [0.4, 0.5) is 0 Å². The van der Waals surface area contributed by atoms with Crippen molar-refractivity contribution in [2.24, 2.45) is 0 Å². The predicted octanol–water partition coefficient (Wildman–Crippen LogP) is 9.11. The summed E-state index contributed by atoms with van der Waals surface area (Å²) in [7, 11) is 0. The van der Waals surface area contributed by atoms with Crippen LogP contribution in [0.2, 0.25) is 5.02 Å². The first kappa shape index (κ1) is 40.1. The average molecular weight is 786 g/mol. The number of benzene rings is 4. The van der Waals surface area contributed by atoms with Gasteiger partial charge in [-0.1, -0.05) is 48.4 Å². The number of halogens is 1. The molecule has 4 aromatic rings. The SMILES string of the molecule is Cc1c(OCCCN2CCCCC2(C)C)cccc1-c1cccc2c1CC[C@@H]2Oc1cc(OCc2cc(C#N)cc(C#N)c2)c(CNC[C@H]2CCC(=O)N2)cc1Cl. The molecule has 0 aromatic heterocycles. The number of likely N-dealkylation sites (tertiary alicyclic amines) is 1. The van der Waals surface area contributed by atoms with Gasteiger partial charge in [0.25, 0.3) is 0 Å². The van der Waals surface area contributed by atoms with E-state index in [1.165, 1.54) is 42.5 Å². The number of carbonyl (C=O) groups is 1. The Bertz CT molecular complexity index is 2160. The summed E-state index contributed by atoms with van der Waals surface area (Å²) in [5.41, 5.74) is 8.51. The van der Waals surface area contributed by atoms with Crippen molar-refractivity contribution in [3.8, 4) is 40.5 Å². The number of hydrogen-bond donors (Lipinski definition) is 2. The number of ether oxygens (including phenoxy) is 3. The van der Waals surface area contributed by atoms with Crippen molar-refractivity contribution >= 4 is 17.5 Å². The highest BCUT2D eigenvalue weighted by atomic mass is 35.5. The highest BCUT2D eigenvalue weighted by Gasteiger charge is 2.30. The van der Waals surface area contributed by atoms with Crippen LogP contribution in [0.1, 0.15) is 104 Å². The van der Waals surface area contributed by atoms with Gasteiger partial charge in [-0.3, -0.25) is 9.69 Å². The molecule has 9 nitrogen and oxygen atoms in total. The van der Waals surface area contributed by atoms with Crippen molar-refractivity contribution in [1.29, 1.82) is 10.5 Å². The predicted molar refractivity (Wildman–Crippen MR) is 222 cm³/mol. The highest BCUT2D eigenvalue weighted by molar-refractivity contribution is 6.32. The third kappa shape index (κ3) is 9.57. The minimum Gasteiger partial charge on any atom is -0.493 e. The summed E-state index contributed by atoms with van der Waals surface area (Å²) in [6.07, 6.45) is 7.63. The number of piperidine rings is 1. The molecule has 1 amide bonds. The van der Waals surface area contributed by atoms with Crippen molar-refractivity contribution in [3.05, 3.63) is 111 Å². The highest BCUT2D eigenvalue weighted by Crippen LogP contribution is 2.44. The van der Waals surface area contributed by atoms with Gasteiger partial charge in [0, 0.05) is 49.3 Å². The van der Waals surface area contributed by atoms with Gasteiger partial charge in [-0.15, -0.1) is 0 Å². The standard InChI is InChI=1S/C47H52ClN5O4/c1-31-37(9-7-12-42(31)55-20-8-19-53-18-5-4-17-47(53,2)3)38-10-6-11-40-39(38)14-15-43(40)57-45-25-44(56-30-34-22-32(26-49)21-33(23-34)27-50)35(24-41(45)48)28-51-29-36-13-16-46(54)52-36/h6-7,9-12,21-25,36,43,51H,4-5,8,13-20,28-30H2,1-3H3,(H,52,54)/t36-,43+/m1/s1. The molecule has 2 heterocycles. The van der Waals surface area contributed by atoms with Gasteiger partial charge >= 0.3 is 0 Å². The lowest BCUT2D eigenvalue weighted by Gasteiger charge is -2.42. The van der Waals surface area contributed by atoms with Gasteiger partial charge in [-0.2, -0.15) is 10.5 Å². The van der Waals surface area contributed by atoms with Gasteiger partial charge in [-0.05, 0) is 130 Å². The molecule has 57 heavy (non-hydrogen) atoms. The molecule has 2 N–H and O–H groups in total. The molecule has 2 atom stereocenters. The Morgan fingerprint density at radius 2 is 1.72 bits per heavy atom. The van der Waals surface area contributed by atoms with Gasteiger partial charge in [0.2, 0.25) is 5.91 Å². The number of nitriles is 2. The van der Waals surface area contributed by atoms with Gasteiger partial charge in [0.1, 0.15) is 30.0 Å². The van der Waals surface area contributed by atoms with Crippen LogP contribution in [0, 0.1) is 29.6 Å².